The number of Topliss-reactive ketones (excluding diaryl/α,β-unsaturated/α-hetero) is 1. The minimum atomic E-state index is -0.475. The summed E-state index contributed by atoms with van der Waals surface area (Å²) in [5.41, 5.74) is 0.432. The summed E-state index contributed by atoms with van der Waals surface area (Å²) in [5, 5.41) is 2.42. The number of amides is 2. The molecule has 124 valence electrons. The Balaban J connectivity index is 1.61. The summed E-state index contributed by atoms with van der Waals surface area (Å²) >= 11 is 0. The van der Waals surface area contributed by atoms with Gasteiger partial charge in [0, 0.05) is 5.56 Å². The van der Waals surface area contributed by atoms with Gasteiger partial charge >= 0.3 is 0 Å². The molecule has 0 bridgehead atoms. The number of hydrogen-bond acceptors (Lipinski definition) is 5. The molecule has 1 fully saturated rings. The van der Waals surface area contributed by atoms with Crippen LogP contribution in [0.15, 0.2) is 53.1 Å². The number of carbonyl (C=O) groups is 3. The van der Waals surface area contributed by atoms with Gasteiger partial charge in [0.05, 0.1) is 18.8 Å². The second-order valence-electron chi connectivity index (χ2n) is 5.71. The van der Waals surface area contributed by atoms with Gasteiger partial charge < -0.3 is 4.42 Å². The summed E-state index contributed by atoms with van der Waals surface area (Å²) < 4.78 is 5.09. The lowest BCUT2D eigenvalue weighted by atomic mass is 10.1. The first-order valence-corrected chi connectivity index (χ1v) is 7.86. The zero-order valence-electron chi connectivity index (χ0n) is 13.1. The van der Waals surface area contributed by atoms with Gasteiger partial charge in [-0.15, -0.1) is 0 Å². The van der Waals surface area contributed by atoms with Gasteiger partial charge in [-0.25, -0.2) is 0 Å². The standard InChI is InChI=1S/C18H18N2O4/c21-15(16-9-5-11-24-16)12-20-10-4-8-14(20)18(23)19-17(22)13-6-2-1-3-7-13/h1-3,5-7,9,11,14H,4,8,10,12H2,(H,19,22,23)/t14-/m0/s1. The molecular weight excluding hydrogens is 308 g/mol. The van der Waals surface area contributed by atoms with E-state index in [4.69, 9.17) is 4.42 Å². The molecule has 0 unspecified atom stereocenters. The average Bonchev–Trinajstić information content (AvgIpc) is 3.27. The van der Waals surface area contributed by atoms with Gasteiger partial charge in [-0.1, -0.05) is 18.2 Å². The third-order valence-electron chi connectivity index (χ3n) is 4.08. The van der Waals surface area contributed by atoms with Crippen LogP contribution in [0, 0.1) is 0 Å². The van der Waals surface area contributed by atoms with Crippen molar-refractivity contribution in [3.8, 4) is 0 Å². The van der Waals surface area contributed by atoms with Crippen LogP contribution in [0.5, 0.6) is 0 Å². The predicted molar refractivity (Wildman–Crippen MR) is 86.5 cm³/mol. The second-order valence-corrected chi connectivity index (χ2v) is 5.71. The van der Waals surface area contributed by atoms with Crippen LogP contribution in [-0.2, 0) is 4.79 Å². The Morgan fingerprint density at radius 1 is 1.12 bits per heavy atom. The van der Waals surface area contributed by atoms with Crippen molar-refractivity contribution in [2.24, 2.45) is 0 Å². The molecule has 0 spiro atoms. The fraction of sp³-hybridized carbons (Fsp3) is 0.278. The Bertz CT molecular complexity index is 725. The number of ketones is 1. The largest absolute Gasteiger partial charge is 0.461 e. The zero-order chi connectivity index (χ0) is 16.9. The van der Waals surface area contributed by atoms with Crippen molar-refractivity contribution in [1.82, 2.24) is 10.2 Å². The fourth-order valence-corrected chi connectivity index (χ4v) is 2.87. The minimum absolute atomic E-state index is 0.102. The molecule has 2 amide bonds. The Morgan fingerprint density at radius 2 is 1.92 bits per heavy atom. The van der Waals surface area contributed by atoms with Gasteiger partial charge in [0.1, 0.15) is 0 Å². The average molecular weight is 326 g/mol. The Kier molecular flexibility index (Phi) is 4.86. The maximum Gasteiger partial charge on any atom is 0.257 e. The summed E-state index contributed by atoms with van der Waals surface area (Å²) in [7, 11) is 0. The van der Waals surface area contributed by atoms with Crippen molar-refractivity contribution in [2.45, 2.75) is 18.9 Å². The van der Waals surface area contributed by atoms with Gasteiger partial charge in [-0.3, -0.25) is 24.6 Å². The molecule has 3 rings (SSSR count). The molecule has 0 aliphatic carbocycles. The summed E-state index contributed by atoms with van der Waals surface area (Å²) in [6.07, 6.45) is 2.88. The van der Waals surface area contributed by atoms with Crippen LogP contribution >= 0.6 is 0 Å². The highest BCUT2D eigenvalue weighted by Crippen LogP contribution is 2.18. The summed E-state index contributed by atoms with van der Waals surface area (Å²) in [5.74, 6) is -0.686. The molecule has 2 heterocycles. The zero-order valence-corrected chi connectivity index (χ0v) is 13.1. The number of rotatable bonds is 5. The van der Waals surface area contributed by atoms with Crippen LogP contribution in [0.1, 0.15) is 33.8 Å². The number of likely N-dealkylation sites (tertiary alicyclic amines) is 1. The summed E-state index contributed by atoms with van der Waals surface area (Å²) in [6, 6.07) is 11.4. The molecule has 1 aliphatic heterocycles. The molecule has 1 aliphatic rings. The van der Waals surface area contributed by atoms with Crippen molar-refractivity contribution in [2.75, 3.05) is 13.1 Å². The van der Waals surface area contributed by atoms with E-state index in [2.05, 4.69) is 5.32 Å². The van der Waals surface area contributed by atoms with E-state index in [-0.39, 0.29) is 24.0 Å². The molecular formula is C18H18N2O4. The van der Waals surface area contributed by atoms with Crippen LogP contribution < -0.4 is 5.32 Å². The normalized spacial score (nSPS) is 17.6. The Hall–Kier alpha value is -2.73. The van der Waals surface area contributed by atoms with E-state index >= 15 is 0 Å². The number of hydrogen-bond donors (Lipinski definition) is 1. The quantitative estimate of drug-likeness (QED) is 0.670. The van der Waals surface area contributed by atoms with Crippen LogP contribution in [0.2, 0.25) is 0 Å². The molecule has 0 radical (unpaired) electrons. The van der Waals surface area contributed by atoms with Gasteiger partial charge in [0.2, 0.25) is 11.7 Å². The van der Waals surface area contributed by atoms with Gasteiger partial charge in [0.25, 0.3) is 5.91 Å². The lowest BCUT2D eigenvalue weighted by Gasteiger charge is -2.22. The van der Waals surface area contributed by atoms with E-state index in [0.29, 0.717) is 18.5 Å². The van der Waals surface area contributed by atoms with Crippen molar-refractivity contribution in [1.29, 1.82) is 0 Å². The van der Waals surface area contributed by atoms with Crippen LogP contribution in [0.25, 0.3) is 0 Å². The lowest BCUT2D eigenvalue weighted by molar-refractivity contribution is -0.124. The highest BCUT2D eigenvalue weighted by atomic mass is 16.3. The number of imide groups is 1. The van der Waals surface area contributed by atoms with E-state index in [1.165, 1.54) is 6.26 Å². The van der Waals surface area contributed by atoms with Crippen molar-refractivity contribution < 1.29 is 18.8 Å². The van der Waals surface area contributed by atoms with Crippen LogP contribution in [0.3, 0.4) is 0 Å². The molecule has 6 nitrogen and oxygen atoms in total. The van der Waals surface area contributed by atoms with E-state index in [1.54, 1.807) is 47.4 Å². The lowest BCUT2D eigenvalue weighted by Crippen LogP contribution is -2.46. The number of nitrogens with zero attached hydrogens (tertiary/aromatic N) is 1. The monoisotopic (exact) mass is 326 g/mol. The first-order valence-electron chi connectivity index (χ1n) is 7.86. The van der Waals surface area contributed by atoms with Crippen molar-refractivity contribution >= 4 is 17.6 Å². The maximum absolute atomic E-state index is 12.4. The number of furan rings is 1. The van der Waals surface area contributed by atoms with E-state index in [9.17, 15) is 14.4 Å². The summed E-state index contributed by atoms with van der Waals surface area (Å²) in [6.45, 7) is 0.745. The first kappa shape index (κ1) is 16.1. The fourth-order valence-electron chi connectivity index (χ4n) is 2.87. The molecule has 0 saturated carbocycles. The van der Waals surface area contributed by atoms with Gasteiger partial charge in [0.15, 0.2) is 5.76 Å². The van der Waals surface area contributed by atoms with Gasteiger partial charge in [-0.2, -0.15) is 0 Å². The molecule has 1 aromatic heterocycles. The third-order valence-corrected chi connectivity index (χ3v) is 4.08. The van der Waals surface area contributed by atoms with E-state index in [0.717, 1.165) is 6.42 Å². The number of carbonyl (C=O) groups excluding carboxylic acids is 3. The van der Waals surface area contributed by atoms with Crippen molar-refractivity contribution in [3.05, 3.63) is 60.1 Å². The van der Waals surface area contributed by atoms with Crippen LogP contribution in [0.4, 0.5) is 0 Å². The maximum atomic E-state index is 12.4. The first-order chi connectivity index (χ1) is 11.6. The van der Waals surface area contributed by atoms with E-state index in [1.807, 2.05) is 0 Å². The smallest absolute Gasteiger partial charge is 0.257 e. The molecule has 1 atom stereocenters. The van der Waals surface area contributed by atoms with Crippen LogP contribution in [-0.4, -0.2) is 41.6 Å². The topological polar surface area (TPSA) is 79.6 Å². The number of nitrogens with one attached hydrogen (secondary N) is 1. The summed E-state index contributed by atoms with van der Waals surface area (Å²) in [4.78, 5) is 38.4. The molecule has 2 aromatic rings. The molecule has 24 heavy (non-hydrogen) atoms. The molecule has 6 heteroatoms. The number of benzene rings is 1. The SMILES string of the molecule is O=C(NC(=O)[C@@H]1CCCN1CC(=O)c1ccco1)c1ccccc1. The minimum Gasteiger partial charge on any atom is -0.461 e. The van der Waals surface area contributed by atoms with Crippen molar-refractivity contribution in [3.63, 3.8) is 0 Å². The Labute approximate surface area is 139 Å². The third kappa shape index (κ3) is 3.60. The Morgan fingerprint density at radius 3 is 2.62 bits per heavy atom. The van der Waals surface area contributed by atoms with E-state index < -0.39 is 11.9 Å². The van der Waals surface area contributed by atoms with Gasteiger partial charge in [-0.05, 0) is 43.7 Å². The molecule has 1 N–H and O–H groups in total. The highest BCUT2D eigenvalue weighted by molar-refractivity contribution is 6.06. The second kappa shape index (κ2) is 7.23. The highest BCUT2D eigenvalue weighted by Gasteiger charge is 2.33. The molecule has 1 saturated heterocycles. The predicted octanol–water partition coefficient (Wildman–Crippen LogP) is 1.88. The molecule has 1 aromatic carbocycles.